The molecule has 1 saturated heterocycles. The van der Waals surface area contributed by atoms with E-state index in [1.807, 2.05) is 47.7 Å². The molecule has 3 heterocycles. The maximum atomic E-state index is 17.3. The molecule has 1 aliphatic rings. The van der Waals surface area contributed by atoms with Crippen LogP contribution in [0.15, 0.2) is 43.0 Å². The van der Waals surface area contributed by atoms with Crippen molar-refractivity contribution in [2.75, 3.05) is 38.7 Å². The zero-order valence-corrected chi connectivity index (χ0v) is 39.3. The molecule has 324 valence electrons. The number of aromatic nitrogens is 2. The molecule has 0 bridgehead atoms. The monoisotopic (exact) mass is 832 g/mol. The number of allylic oxidation sites excluding steroid dienone is 1. The Balaban J connectivity index is 0.000000731. The minimum Gasteiger partial charge on any atom is -0.464 e. The van der Waals surface area contributed by atoms with Crippen LogP contribution in [-0.2, 0) is 4.79 Å². The van der Waals surface area contributed by atoms with Crippen LogP contribution in [0.3, 0.4) is 0 Å². The lowest BCUT2D eigenvalue weighted by Crippen LogP contribution is -2.37. The molecule has 59 heavy (non-hydrogen) atoms. The van der Waals surface area contributed by atoms with E-state index < -0.39 is 11.6 Å². The van der Waals surface area contributed by atoms with E-state index in [4.69, 9.17) is 9.72 Å². The lowest BCUT2D eigenvalue weighted by Gasteiger charge is -2.34. The molecule has 10 heteroatoms. The minimum absolute atomic E-state index is 0.0185. The average Bonchev–Trinajstić information content (AvgIpc) is 3.81. The quantitative estimate of drug-likeness (QED) is 0.0924. The lowest BCUT2D eigenvalue weighted by atomic mass is 9.86. The number of likely N-dealkylation sites (N-methyl/N-ethyl adjacent to an activating group) is 1. The van der Waals surface area contributed by atoms with Crippen molar-refractivity contribution >= 4 is 43.9 Å². The van der Waals surface area contributed by atoms with Crippen LogP contribution in [0.4, 0.5) is 14.6 Å². The molecule has 1 aliphatic heterocycles. The molecule has 0 spiro atoms. The van der Waals surface area contributed by atoms with Crippen LogP contribution in [0.5, 0.6) is 6.01 Å². The lowest BCUT2D eigenvalue weighted by molar-refractivity contribution is -0.112. The van der Waals surface area contributed by atoms with Crippen molar-refractivity contribution in [2.24, 2.45) is 11.8 Å². The van der Waals surface area contributed by atoms with Gasteiger partial charge in [0.05, 0.1) is 16.9 Å². The maximum absolute atomic E-state index is 17.3. The number of nitrogens with zero attached hydrogens (tertiary/aromatic N) is 5. The number of ether oxygens (including phenoxy) is 1. The van der Waals surface area contributed by atoms with Crippen molar-refractivity contribution in [3.05, 3.63) is 70.6 Å². The van der Waals surface area contributed by atoms with Crippen molar-refractivity contribution in [3.8, 4) is 23.2 Å². The topological polar surface area (TPSA) is 82.4 Å². The van der Waals surface area contributed by atoms with Gasteiger partial charge >= 0.3 is 6.01 Å². The largest absolute Gasteiger partial charge is 0.464 e. The zero-order valence-electron chi connectivity index (χ0n) is 38.5. The first-order valence-corrected chi connectivity index (χ1v) is 22.3. The standard InChI is InChI=1S/C37H48F2N4OS.C6H11N.C4H6O.C2H6/c1-11-22(8)14-17-29(20(4)5)43(10)36-26-18-25(23(9)12-2)30(32(39)33(26)41-37(42-36)44-13-3)24-15-16-28(38)35-31(24)27(19-40)34(45-35)21(6)7;1-6-3-4-7(2)5-6;1-3-4(2)5;1-2/h15-16,18,20-23,29H,11-14,17H2,1-10H3;1,3-5H2,2H3;3H,1H2,2H3;1-2H3. The van der Waals surface area contributed by atoms with Gasteiger partial charge in [-0.2, -0.15) is 15.2 Å². The molecule has 7 nitrogen and oxygen atoms in total. The fourth-order valence-corrected chi connectivity index (χ4v) is 8.34. The highest BCUT2D eigenvalue weighted by molar-refractivity contribution is 7.19. The summed E-state index contributed by atoms with van der Waals surface area (Å²) >= 11 is 1.28. The predicted octanol–water partition coefficient (Wildman–Crippen LogP) is 13.6. The molecule has 2 aromatic heterocycles. The molecule has 0 saturated carbocycles. The number of ketones is 1. The first-order chi connectivity index (χ1) is 27.9. The Kier molecular flexibility index (Phi) is 20.9. The molecule has 5 rings (SSSR count). The van der Waals surface area contributed by atoms with E-state index in [-0.39, 0.29) is 35.2 Å². The van der Waals surface area contributed by atoms with Crippen LogP contribution in [0.1, 0.15) is 143 Å². The van der Waals surface area contributed by atoms with Gasteiger partial charge in [0.2, 0.25) is 0 Å². The van der Waals surface area contributed by atoms with E-state index in [1.165, 1.54) is 48.9 Å². The Labute approximate surface area is 358 Å². The van der Waals surface area contributed by atoms with Crippen molar-refractivity contribution in [3.63, 3.8) is 0 Å². The van der Waals surface area contributed by atoms with Gasteiger partial charge in [0.25, 0.3) is 0 Å². The zero-order chi connectivity index (χ0) is 44.7. The summed E-state index contributed by atoms with van der Waals surface area (Å²) in [5.74, 6) is 0.689. The van der Waals surface area contributed by atoms with Crippen LogP contribution >= 0.6 is 11.3 Å². The number of benzene rings is 2. The van der Waals surface area contributed by atoms with Gasteiger partial charge in [-0.3, -0.25) is 4.79 Å². The van der Waals surface area contributed by atoms with Crippen molar-refractivity contribution in [1.82, 2.24) is 14.9 Å². The van der Waals surface area contributed by atoms with Gasteiger partial charge in [0.15, 0.2) is 11.6 Å². The molecule has 3 unspecified atom stereocenters. The Hall–Kier alpha value is -4.20. The summed E-state index contributed by atoms with van der Waals surface area (Å²) in [5, 5.41) is 11.4. The third kappa shape index (κ3) is 12.9. The number of anilines is 1. The number of thiophene rings is 1. The molecular weight excluding hydrogens is 761 g/mol. The van der Waals surface area contributed by atoms with Crippen molar-refractivity contribution < 1.29 is 18.3 Å². The van der Waals surface area contributed by atoms with Gasteiger partial charge in [-0.05, 0) is 99.6 Å². The van der Waals surface area contributed by atoms with E-state index in [9.17, 15) is 10.1 Å². The van der Waals surface area contributed by atoms with E-state index in [0.29, 0.717) is 56.4 Å². The summed E-state index contributed by atoms with van der Waals surface area (Å²) in [5.41, 5.74) is 3.62. The summed E-state index contributed by atoms with van der Waals surface area (Å²) in [7, 11) is 4.16. The second-order valence-electron chi connectivity index (χ2n) is 16.1. The van der Waals surface area contributed by atoms with E-state index in [0.717, 1.165) is 42.7 Å². The number of likely N-dealkylation sites (tertiary alicyclic amines) is 1. The van der Waals surface area contributed by atoms with Crippen LogP contribution in [0, 0.1) is 34.8 Å². The number of carbonyl (C=O) groups is 1. The summed E-state index contributed by atoms with van der Waals surface area (Å²) in [6.07, 6.45) is 6.44. The number of rotatable bonds is 14. The molecular formula is C49H71F2N5O2S. The number of halogens is 2. The summed E-state index contributed by atoms with van der Waals surface area (Å²) < 4.78 is 38.8. The minimum atomic E-state index is -0.504. The highest BCUT2D eigenvalue weighted by atomic mass is 32.1. The van der Waals surface area contributed by atoms with Gasteiger partial charge in [-0.1, -0.05) is 100 Å². The average molecular weight is 832 g/mol. The molecule has 0 amide bonds. The third-order valence-corrected chi connectivity index (χ3v) is 12.4. The van der Waals surface area contributed by atoms with Crippen molar-refractivity contribution in [1.29, 1.82) is 5.26 Å². The van der Waals surface area contributed by atoms with Gasteiger partial charge in [0, 0.05) is 47.4 Å². The van der Waals surface area contributed by atoms with Crippen LogP contribution < -0.4 is 9.64 Å². The van der Waals surface area contributed by atoms with Crippen LogP contribution in [-0.4, -0.2) is 60.5 Å². The number of fused-ring (bicyclic) bond motifs is 2. The maximum Gasteiger partial charge on any atom is 0.319 e. The van der Waals surface area contributed by atoms with Gasteiger partial charge in [-0.25, -0.2) is 8.78 Å². The first-order valence-electron chi connectivity index (χ1n) is 21.5. The Bertz CT molecular complexity index is 2070. The van der Waals surface area contributed by atoms with E-state index >= 15 is 8.78 Å². The van der Waals surface area contributed by atoms with Gasteiger partial charge < -0.3 is 14.5 Å². The highest BCUT2D eigenvalue weighted by Gasteiger charge is 2.30. The summed E-state index contributed by atoms with van der Waals surface area (Å²) in [6, 6.07) is 7.65. The molecule has 3 atom stereocenters. The predicted molar refractivity (Wildman–Crippen MR) is 248 cm³/mol. The Morgan fingerprint density at radius 2 is 1.73 bits per heavy atom. The smallest absolute Gasteiger partial charge is 0.319 e. The van der Waals surface area contributed by atoms with Gasteiger partial charge in [-0.15, -0.1) is 11.3 Å². The Morgan fingerprint density at radius 3 is 2.19 bits per heavy atom. The fourth-order valence-electron chi connectivity index (χ4n) is 7.15. The van der Waals surface area contributed by atoms with Crippen LogP contribution in [0.25, 0.3) is 32.1 Å². The number of nitriles is 1. The third-order valence-electron chi connectivity index (χ3n) is 10.9. The molecule has 1 fully saturated rings. The SMILES string of the molecule is C=C1CCN(C)C1.C=CC(C)=O.CC.CCOc1nc(N(C)C(CCC(C)CC)C(C)C)c2cc(C(C)CC)c(-c3ccc(F)c4sc(C(C)C)c(C#N)c34)c(F)c2n1. The summed E-state index contributed by atoms with van der Waals surface area (Å²) in [6.45, 7) is 34.1. The molecule has 0 aliphatic carbocycles. The molecule has 0 radical (unpaired) electrons. The number of hydrogen-bond donors (Lipinski definition) is 0. The first kappa shape index (κ1) is 50.9. The fraction of sp³-hybridized carbons (Fsp3) is 0.551. The van der Waals surface area contributed by atoms with Crippen LogP contribution in [0.2, 0.25) is 0 Å². The number of hydrogen-bond acceptors (Lipinski definition) is 8. The Morgan fingerprint density at radius 1 is 1.08 bits per heavy atom. The highest BCUT2D eigenvalue weighted by Crippen LogP contribution is 2.47. The molecule has 0 N–H and O–H groups in total. The second-order valence-corrected chi connectivity index (χ2v) is 17.1. The number of carbonyl (C=O) groups excluding carboxylic acids is 1. The van der Waals surface area contributed by atoms with E-state index in [1.54, 1.807) is 6.07 Å². The second kappa shape index (κ2) is 24.2. The summed E-state index contributed by atoms with van der Waals surface area (Å²) in [4.78, 5) is 24.4. The van der Waals surface area contributed by atoms with Gasteiger partial charge in [0.1, 0.15) is 23.2 Å². The normalized spacial score (nSPS) is 14.1. The van der Waals surface area contributed by atoms with E-state index in [2.05, 4.69) is 82.6 Å². The van der Waals surface area contributed by atoms with Crippen molar-refractivity contribution in [2.45, 2.75) is 133 Å². The molecule has 4 aromatic rings. The molecule has 2 aromatic carbocycles.